The number of hydrogen-bond acceptors (Lipinski definition) is 6. The van der Waals surface area contributed by atoms with Crippen LogP contribution in [0.4, 0.5) is 0 Å². The molecule has 0 spiro atoms. The standard InChI is InChI=1S/2C30H36O3/c2*1-18-12-28(31)20(3)10-24(18)14-22-15-26(17-25-11-21(4)29(32)13-19(25)2)30(33)27(16-22)23-8-6-5-7-9-23/h2*10-13,15-16,23,31-33H,5-9,14,17H2,1-4H3. The third kappa shape index (κ3) is 11.2. The fraction of sp³-hybridized carbons (Fsp3) is 0.400. The number of hydrogen-bond donors (Lipinski definition) is 6. The van der Waals surface area contributed by atoms with E-state index in [1.54, 1.807) is 0 Å². The van der Waals surface area contributed by atoms with E-state index in [0.717, 1.165) is 116 Å². The Balaban J connectivity index is 0.000000196. The van der Waals surface area contributed by atoms with Crippen LogP contribution in [0.25, 0.3) is 0 Å². The molecule has 0 aliphatic heterocycles. The van der Waals surface area contributed by atoms with Crippen molar-refractivity contribution < 1.29 is 30.6 Å². The molecule has 6 heteroatoms. The number of rotatable bonds is 10. The zero-order chi connectivity index (χ0) is 47.4. The van der Waals surface area contributed by atoms with Crippen LogP contribution < -0.4 is 0 Å². The van der Waals surface area contributed by atoms with Crippen LogP contribution in [-0.2, 0) is 25.7 Å². The van der Waals surface area contributed by atoms with Gasteiger partial charge >= 0.3 is 0 Å². The predicted molar refractivity (Wildman–Crippen MR) is 269 cm³/mol. The molecule has 0 amide bonds. The molecule has 6 aromatic rings. The lowest BCUT2D eigenvalue weighted by Gasteiger charge is -2.25. The molecule has 2 aliphatic rings. The van der Waals surface area contributed by atoms with Crippen molar-refractivity contribution in [3.8, 4) is 34.5 Å². The van der Waals surface area contributed by atoms with Crippen LogP contribution in [0.1, 0.15) is 176 Å². The summed E-state index contributed by atoms with van der Waals surface area (Å²) in [7, 11) is 0. The first-order valence-electron chi connectivity index (χ1n) is 24.3. The number of benzene rings is 6. The van der Waals surface area contributed by atoms with Gasteiger partial charge in [-0.25, -0.2) is 0 Å². The van der Waals surface area contributed by atoms with Gasteiger partial charge < -0.3 is 30.6 Å². The predicted octanol–water partition coefficient (Wildman–Crippen LogP) is 14.5. The van der Waals surface area contributed by atoms with E-state index >= 15 is 0 Å². The first kappa shape index (κ1) is 48.1. The molecule has 0 atom stereocenters. The fourth-order valence-corrected chi connectivity index (χ4v) is 10.6. The van der Waals surface area contributed by atoms with Crippen LogP contribution in [0, 0.1) is 55.4 Å². The average molecular weight is 889 g/mol. The molecule has 2 fully saturated rings. The summed E-state index contributed by atoms with van der Waals surface area (Å²) in [6.45, 7) is 15.8. The quantitative estimate of drug-likeness (QED) is 0.0815. The fourth-order valence-electron chi connectivity index (χ4n) is 10.6. The highest BCUT2D eigenvalue weighted by Crippen LogP contribution is 2.43. The summed E-state index contributed by atoms with van der Waals surface area (Å²) in [5.41, 5.74) is 18.9. The number of aromatic hydroxyl groups is 6. The minimum Gasteiger partial charge on any atom is -0.508 e. The largest absolute Gasteiger partial charge is 0.508 e. The molecule has 2 saturated carbocycles. The van der Waals surface area contributed by atoms with E-state index in [1.165, 1.54) is 60.8 Å². The Kier molecular flexibility index (Phi) is 15.1. The average Bonchev–Trinajstić information content (AvgIpc) is 3.28. The number of phenols is 6. The molecule has 0 unspecified atom stereocenters. The van der Waals surface area contributed by atoms with Crippen LogP contribution in [0.2, 0.25) is 0 Å². The van der Waals surface area contributed by atoms with Crippen LogP contribution in [-0.4, -0.2) is 30.6 Å². The summed E-state index contributed by atoms with van der Waals surface area (Å²) in [6, 6.07) is 24.2. The van der Waals surface area contributed by atoms with Gasteiger partial charge in [-0.2, -0.15) is 0 Å². The first-order chi connectivity index (χ1) is 31.4. The lowest BCUT2D eigenvalue weighted by molar-refractivity contribution is 0.411. The third-order valence-electron chi connectivity index (χ3n) is 14.8. The van der Waals surface area contributed by atoms with E-state index in [4.69, 9.17) is 0 Å². The maximum Gasteiger partial charge on any atom is 0.122 e. The summed E-state index contributed by atoms with van der Waals surface area (Å²) in [4.78, 5) is 0. The highest BCUT2D eigenvalue weighted by atomic mass is 16.3. The van der Waals surface area contributed by atoms with E-state index in [9.17, 15) is 30.6 Å². The second kappa shape index (κ2) is 20.7. The van der Waals surface area contributed by atoms with Gasteiger partial charge in [0.15, 0.2) is 0 Å². The van der Waals surface area contributed by atoms with Crippen LogP contribution in [0.3, 0.4) is 0 Å². The maximum atomic E-state index is 11.4. The molecular formula is C60H72O6. The lowest BCUT2D eigenvalue weighted by atomic mass is 9.81. The zero-order valence-corrected chi connectivity index (χ0v) is 40.7. The summed E-state index contributed by atoms with van der Waals surface area (Å²) >= 11 is 0. The van der Waals surface area contributed by atoms with Crippen molar-refractivity contribution in [1.29, 1.82) is 0 Å². The highest BCUT2D eigenvalue weighted by molar-refractivity contribution is 5.54. The molecule has 0 radical (unpaired) electrons. The smallest absolute Gasteiger partial charge is 0.122 e. The topological polar surface area (TPSA) is 121 Å². The molecule has 0 heterocycles. The van der Waals surface area contributed by atoms with Crippen molar-refractivity contribution >= 4 is 0 Å². The van der Waals surface area contributed by atoms with Crippen LogP contribution in [0.5, 0.6) is 34.5 Å². The Morgan fingerprint density at radius 2 is 0.576 bits per heavy atom. The Labute approximate surface area is 393 Å². The molecule has 66 heavy (non-hydrogen) atoms. The van der Waals surface area contributed by atoms with E-state index in [2.05, 4.69) is 36.4 Å². The molecule has 8 rings (SSSR count). The Bertz CT molecular complexity index is 2530. The van der Waals surface area contributed by atoms with Crippen LogP contribution >= 0.6 is 0 Å². The minimum absolute atomic E-state index is 0.315. The van der Waals surface area contributed by atoms with Crippen LogP contribution in [0.15, 0.2) is 72.8 Å². The van der Waals surface area contributed by atoms with E-state index in [-0.39, 0.29) is 0 Å². The molecule has 0 aromatic heterocycles. The van der Waals surface area contributed by atoms with E-state index in [0.29, 0.717) is 59.2 Å². The second-order valence-corrected chi connectivity index (χ2v) is 20.0. The van der Waals surface area contributed by atoms with Crippen molar-refractivity contribution in [1.82, 2.24) is 0 Å². The van der Waals surface area contributed by atoms with Gasteiger partial charge in [0.2, 0.25) is 0 Å². The highest BCUT2D eigenvalue weighted by Gasteiger charge is 2.24. The van der Waals surface area contributed by atoms with E-state index in [1.807, 2.05) is 91.8 Å². The molecule has 0 bridgehead atoms. The normalized spacial score (nSPS) is 14.5. The van der Waals surface area contributed by atoms with Crippen molar-refractivity contribution in [3.63, 3.8) is 0 Å². The summed E-state index contributed by atoms with van der Waals surface area (Å²) in [5.74, 6) is 2.99. The van der Waals surface area contributed by atoms with Gasteiger partial charge in [0.05, 0.1) is 0 Å². The van der Waals surface area contributed by atoms with Gasteiger partial charge in [0.1, 0.15) is 34.5 Å². The molecule has 0 saturated heterocycles. The van der Waals surface area contributed by atoms with Crippen molar-refractivity contribution in [2.45, 2.75) is 157 Å². The monoisotopic (exact) mass is 889 g/mol. The number of phenolic OH excluding ortho intramolecular Hbond substituents is 6. The van der Waals surface area contributed by atoms with E-state index < -0.39 is 0 Å². The molecule has 348 valence electrons. The van der Waals surface area contributed by atoms with Gasteiger partial charge in [-0.1, -0.05) is 87.1 Å². The molecular weight excluding hydrogens is 817 g/mol. The van der Waals surface area contributed by atoms with Crippen molar-refractivity contribution in [2.24, 2.45) is 0 Å². The van der Waals surface area contributed by atoms with Gasteiger partial charge in [0.25, 0.3) is 0 Å². The molecule has 6 aromatic carbocycles. The Hall–Kier alpha value is -5.88. The van der Waals surface area contributed by atoms with Crippen molar-refractivity contribution in [2.75, 3.05) is 0 Å². The molecule has 6 nitrogen and oxygen atoms in total. The van der Waals surface area contributed by atoms with Gasteiger partial charge in [-0.05, 0) is 230 Å². The van der Waals surface area contributed by atoms with Gasteiger partial charge in [-0.15, -0.1) is 0 Å². The first-order valence-corrected chi connectivity index (χ1v) is 24.3. The maximum absolute atomic E-state index is 11.4. The minimum atomic E-state index is 0.315. The summed E-state index contributed by atoms with van der Waals surface area (Å²) in [5, 5.41) is 63.0. The zero-order valence-electron chi connectivity index (χ0n) is 40.7. The molecule has 6 N–H and O–H groups in total. The summed E-state index contributed by atoms with van der Waals surface area (Å²) in [6.07, 6.45) is 14.8. The third-order valence-corrected chi connectivity index (χ3v) is 14.8. The number of aryl methyl sites for hydroxylation is 8. The summed E-state index contributed by atoms with van der Waals surface area (Å²) < 4.78 is 0. The lowest BCUT2D eigenvalue weighted by Crippen LogP contribution is -2.07. The van der Waals surface area contributed by atoms with Gasteiger partial charge in [0, 0.05) is 12.8 Å². The Morgan fingerprint density at radius 3 is 0.864 bits per heavy atom. The van der Waals surface area contributed by atoms with Gasteiger partial charge in [-0.3, -0.25) is 0 Å². The SMILES string of the molecule is Cc1cc(Cc2cc(Cc3cc(C)c(O)cc3C)c(O)c(C3CCCCC3)c2)c(C)cc1O.Cc1cc(Cc2cc(Cc3cc(C)c(O)cc3C)c(O)c(C3CCCCC3)c2)c(C)cc1O. The van der Waals surface area contributed by atoms with Crippen molar-refractivity contribution in [3.05, 3.63) is 173 Å². The molecule has 2 aliphatic carbocycles. The second-order valence-electron chi connectivity index (χ2n) is 20.0. The Morgan fingerprint density at radius 1 is 0.303 bits per heavy atom.